The van der Waals surface area contributed by atoms with Crippen LogP contribution in [0.2, 0.25) is 0 Å². The fourth-order valence-corrected chi connectivity index (χ4v) is 2.58. The third-order valence-corrected chi connectivity index (χ3v) is 4.08. The molecule has 2 rings (SSSR count). The number of nitrogen functional groups attached to an aromatic ring is 1. The van der Waals surface area contributed by atoms with Crippen LogP contribution in [0.1, 0.15) is 29.9 Å². The van der Waals surface area contributed by atoms with Crippen LogP contribution in [-0.2, 0) is 0 Å². The SMILES string of the molecule is CCN(C(=O)c1ccccc1N)[C@@H](C)CN=C/C=C(\N)c1ccc(F)cn1. The second-order valence-electron chi connectivity index (χ2n) is 6.03. The maximum absolute atomic E-state index is 12.9. The average molecular weight is 369 g/mol. The second kappa shape index (κ2) is 9.47. The molecule has 1 heterocycles. The van der Waals surface area contributed by atoms with Crippen molar-refractivity contribution in [3.05, 3.63) is 65.7 Å². The number of carbonyl (C=O) groups excluding carboxylic acids is 1. The minimum absolute atomic E-state index is 0.114. The smallest absolute Gasteiger partial charge is 0.256 e. The Morgan fingerprint density at radius 3 is 2.70 bits per heavy atom. The molecule has 0 saturated heterocycles. The highest BCUT2D eigenvalue weighted by atomic mass is 19.1. The van der Waals surface area contributed by atoms with E-state index < -0.39 is 5.82 Å². The van der Waals surface area contributed by atoms with Crippen LogP contribution in [-0.4, -0.2) is 41.1 Å². The van der Waals surface area contributed by atoms with Crippen molar-refractivity contribution < 1.29 is 9.18 Å². The van der Waals surface area contributed by atoms with E-state index in [0.29, 0.717) is 35.7 Å². The van der Waals surface area contributed by atoms with Crippen molar-refractivity contribution in [3.63, 3.8) is 0 Å². The van der Waals surface area contributed by atoms with Crippen LogP contribution in [0.5, 0.6) is 0 Å². The zero-order valence-electron chi connectivity index (χ0n) is 15.5. The molecule has 6 nitrogen and oxygen atoms in total. The standard InChI is InChI=1S/C20H24FN5O/c1-3-26(20(27)16-6-4-5-7-17(16)22)14(2)12-24-11-10-18(23)19-9-8-15(21)13-25-19/h4-11,13-14H,3,12,22-23H2,1-2H3/b18-10-,24-11?/t14-/m0/s1. The minimum atomic E-state index is -0.419. The third-order valence-electron chi connectivity index (χ3n) is 4.08. The molecule has 0 aliphatic carbocycles. The molecule has 0 radical (unpaired) electrons. The van der Waals surface area contributed by atoms with Crippen LogP contribution in [0.3, 0.4) is 0 Å². The summed E-state index contributed by atoms with van der Waals surface area (Å²) in [6.45, 7) is 4.79. The number of pyridine rings is 1. The fourth-order valence-electron chi connectivity index (χ4n) is 2.58. The number of benzene rings is 1. The van der Waals surface area contributed by atoms with E-state index in [0.717, 1.165) is 6.20 Å². The lowest BCUT2D eigenvalue weighted by Gasteiger charge is -2.27. The summed E-state index contributed by atoms with van der Waals surface area (Å²) in [5, 5.41) is 0. The summed E-state index contributed by atoms with van der Waals surface area (Å²) in [5.74, 6) is -0.540. The number of likely N-dealkylation sites (N-methyl/N-ethyl adjacent to an activating group) is 1. The van der Waals surface area contributed by atoms with Crippen molar-refractivity contribution in [3.8, 4) is 0 Å². The Kier molecular flexibility index (Phi) is 7.05. The van der Waals surface area contributed by atoms with Gasteiger partial charge in [-0.05, 0) is 44.2 Å². The molecule has 0 saturated carbocycles. The number of para-hydroxylation sites is 1. The quantitative estimate of drug-likeness (QED) is 0.579. The highest BCUT2D eigenvalue weighted by Crippen LogP contribution is 2.15. The monoisotopic (exact) mass is 369 g/mol. The summed E-state index contributed by atoms with van der Waals surface area (Å²) < 4.78 is 12.9. The van der Waals surface area contributed by atoms with Crippen LogP contribution in [0.25, 0.3) is 5.70 Å². The number of rotatable bonds is 7. The largest absolute Gasteiger partial charge is 0.398 e. The third kappa shape index (κ3) is 5.37. The number of amides is 1. The minimum Gasteiger partial charge on any atom is -0.398 e. The van der Waals surface area contributed by atoms with Gasteiger partial charge in [0.05, 0.1) is 29.7 Å². The first-order valence-electron chi connectivity index (χ1n) is 8.67. The van der Waals surface area contributed by atoms with Gasteiger partial charge in [-0.25, -0.2) is 4.39 Å². The van der Waals surface area contributed by atoms with Gasteiger partial charge in [-0.3, -0.25) is 14.8 Å². The van der Waals surface area contributed by atoms with Crippen LogP contribution in [0, 0.1) is 5.82 Å². The number of allylic oxidation sites excluding steroid dienone is 1. The van der Waals surface area contributed by atoms with Crippen LogP contribution >= 0.6 is 0 Å². The maximum Gasteiger partial charge on any atom is 0.256 e. The first-order chi connectivity index (χ1) is 12.9. The molecule has 1 amide bonds. The molecule has 2 aromatic rings. The van der Waals surface area contributed by atoms with Gasteiger partial charge in [0, 0.05) is 24.5 Å². The molecule has 0 aliphatic rings. The van der Waals surface area contributed by atoms with Crippen molar-refractivity contribution in [1.29, 1.82) is 0 Å². The van der Waals surface area contributed by atoms with Gasteiger partial charge in [0.2, 0.25) is 0 Å². The van der Waals surface area contributed by atoms with Gasteiger partial charge in [0.25, 0.3) is 5.91 Å². The summed E-state index contributed by atoms with van der Waals surface area (Å²) in [4.78, 5) is 22.7. The van der Waals surface area contributed by atoms with Crippen LogP contribution in [0.4, 0.5) is 10.1 Å². The molecule has 0 fully saturated rings. The second-order valence-corrected chi connectivity index (χ2v) is 6.03. The Labute approximate surface area is 158 Å². The molecule has 7 heteroatoms. The fraction of sp³-hybridized carbons (Fsp3) is 0.250. The van der Waals surface area contributed by atoms with E-state index in [1.807, 2.05) is 13.8 Å². The molecular weight excluding hydrogens is 345 g/mol. The Balaban J connectivity index is 2.00. The van der Waals surface area contributed by atoms with E-state index in [1.165, 1.54) is 12.1 Å². The number of aliphatic imine (C=N–C) groups is 1. The Morgan fingerprint density at radius 1 is 1.33 bits per heavy atom. The molecule has 0 spiro atoms. The average Bonchev–Trinajstić information content (AvgIpc) is 2.66. The van der Waals surface area contributed by atoms with Gasteiger partial charge in [-0.15, -0.1) is 0 Å². The zero-order chi connectivity index (χ0) is 19.8. The van der Waals surface area contributed by atoms with E-state index in [4.69, 9.17) is 11.5 Å². The predicted molar refractivity (Wildman–Crippen MR) is 107 cm³/mol. The number of anilines is 1. The summed E-state index contributed by atoms with van der Waals surface area (Å²) in [6.07, 6.45) is 4.27. The number of aromatic nitrogens is 1. The summed E-state index contributed by atoms with van der Waals surface area (Å²) in [5.41, 5.74) is 13.6. The first kappa shape index (κ1) is 20.1. The normalized spacial score (nSPS) is 12.9. The lowest BCUT2D eigenvalue weighted by molar-refractivity contribution is 0.0711. The topological polar surface area (TPSA) is 97.6 Å². The molecule has 27 heavy (non-hydrogen) atoms. The van der Waals surface area contributed by atoms with Crippen molar-refractivity contribution in [1.82, 2.24) is 9.88 Å². The molecule has 0 bridgehead atoms. The summed E-state index contributed by atoms with van der Waals surface area (Å²) >= 11 is 0. The van der Waals surface area contributed by atoms with Crippen molar-refractivity contribution >= 4 is 23.5 Å². The van der Waals surface area contributed by atoms with E-state index >= 15 is 0 Å². The molecule has 0 aliphatic heterocycles. The Bertz CT molecular complexity index is 833. The van der Waals surface area contributed by atoms with E-state index in [1.54, 1.807) is 41.5 Å². The van der Waals surface area contributed by atoms with Gasteiger partial charge in [0.15, 0.2) is 0 Å². The Hall–Kier alpha value is -3.22. The number of hydrogen-bond acceptors (Lipinski definition) is 5. The summed E-state index contributed by atoms with van der Waals surface area (Å²) in [6, 6.07) is 9.69. The van der Waals surface area contributed by atoms with Crippen molar-refractivity contribution in [2.24, 2.45) is 10.7 Å². The van der Waals surface area contributed by atoms with Crippen LogP contribution in [0.15, 0.2) is 53.7 Å². The lowest BCUT2D eigenvalue weighted by Crippen LogP contribution is -2.40. The molecule has 0 unspecified atom stereocenters. The predicted octanol–water partition coefficient (Wildman–Crippen LogP) is 2.72. The summed E-state index contributed by atoms with van der Waals surface area (Å²) in [7, 11) is 0. The van der Waals surface area contributed by atoms with Crippen molar-refractivity contribution in [2.75, 3.05) is 18.8 Å². The Morgan fingerprint density at radius 2 is 2.07 bits per heavy atom. The number of carbonyl (C=O) groups is 1. The molecule has 142 valence electrons. The van der Waals surface area contributed by atoms with Crippen LogP contribution < -0.4 is 11.5 Å². The maximum atomic E-state index is 12.9. The number of nitrogens with two attached hydrogens (primary N) is 2. The number of halogens is 1. The number of hydrogen-bond donors (Lipinski definition) is 2. The molecule has 1 aromatic carbocycles. The molecule has 1 atom stereocenters. The molecule has 4 N–H and O–H groups in total. The van der Waals surface area contributed by atoms with E-state index in [2.05, 4.69) is 9.98 Å². The number of nitrogens with zero attached hydrogens (tertiary/aromatic N) is 3. The highest BCUT2D eigenvalue weighted by Gasteiger charge is 2.21. The van der Waals surface area contributed by atoms with E-state index in [9.17, 15) is 9.18 Å². The van der Waals surface area contributed by atoms with Gasteiger partial charge in [0.1, 0.15) is 5.82 Å². The van der Waals surface area contributed by atoms with Gasteiger partial charge >= 0.3 is 0 Å². The van der Waals surface area contributed by atoms with Gasteiger partial charge in [-0.2, -0.15) is 0 Å². The van der Waals surface area contributed by atoms with Gasteiger partial charge < -0.3 is 16.4 Å². The highest BCUT2D eigenvalue weighted by molar-refractivity contribution is 5.99. The lowest BCUT2D eigenvalue weighted by atomic mass is 10.1. The molecular formula is C20H24FN5O. The van der Waals surface area contributed by atoms with Gasteiger partial charge in [-0.1, -0.05) is 12.1 Å². The molecule has 1 aromatic heterocycles. The van der Waals surface area contributed by atoms with Crippen molar-refractivity contribution in [2.45, 2.75) is 19.9 Å². The zero-order valence-corrected chi connectivity index (χ0v) is 15.5. The van der Waals surface area contributed by atoms with E-state index in [-0.39, 0.29) is 11.9 Å². The first-order valence-corrected chi connectivity index (χ1v) is 8.67.